The molecule has 0 saturated carbocycles. The fourth-order valence-corrected chi connectivity index (χ4v) is 4.18. The van der Waals surface area contributed by atoms with Gasteiger partial charge in [0.05, 0.1) is 16.5 Å². The quantitative estimate of drug-likeness (QED) is 0.833. The number of amides is 1. The van der Waals surface area contributed by atoms with E-state index in [0.717, 1.165) is 19.6 Å². The maximum atomic E-state index is 12.8. The summed E-state index contributed by atoms with van der Waals surface area (Å²) in [5.41, 5.74) is 1.15. The summed E-state index contributed by atoms with van der Waals surface area (Å²) in [5.74, 6) is -0.161. The van der Waals surface area contributed by atoms with Crippen molar-refractivity contribution in [1.29, 1.82) is 5.26 Å². The van der Waals surface area contributed by atoms with Crippen LogP contribution in [-0.2, 0) is 10.0 Å². The molecule has 3 rings (SSSR count). The normalized spacial score (nSPS) is 15.1. The lowest BCUT2D eigenvalue weighted by molar-refractivity contribution is 0.0643. The van der Waals surface area contributed by atoms with Crippen LogP contribution in [0, 0.1) is 11.3 Å². The van der Waals surface area contributed by atoms with Crippen LogP contribution >= 0.6 is 0 Å². The molecule has 1 aliphatic rings. The second-order valence-electron chi connectivity index (χ2n) is 6.55. The van der Waals surface area contributed by atoms with Gasteiger partial charge in [-0.15, -0.1) is 0 Å². The predicted molar refractivity (Wildman–Crippen MR) is 106 cm³/mol. The third kappa shape index (κ3) is 4.50. The fraction of sp³-hybridized carbons (Fsp3) is 0.300. The molecule has 7 nitrogen and oxygen atoms in total. The number of benzene rings is 2. The first-order valence-electron chi connectivity index (χ1n) is 9.07. The third-order valence-electron chi connectivity index (χ3n) is 4.76. The molecule has 0 aliphatic carbocycles. The van der Waals surface area contributed by atoms with Crippen LogP contribution in [0.15, 0.2) is 53.4 Å². The number of rotatable bonds is 5. The van der Waals surface area contributed by atoms with Gasteiger partial charge in [-0.1, -0.05) is 13.0 Å². The van der Waals surface area contributed by atoms with E-state index in [2.05, 4.69) is 16.5 Å². The van der Waals surface area contributed by atoms with Crippen molar-refractivity contribution in [3.8, 4) is 6.07 Å². The van der Waals surface area contributed by atoms with E-state index in [1.54, 1.807) is 17.0 Å². The highest BCUT2D eigenvalue weighted by atomic mass is 32.2. The Kier molecular flexibility index (Phi) is 5.97. The minimum absolute atomic E-state index is 0.0231. The number of hydrogen-bond donors (Lipinski definition) is 1. The molecule has 1 saturated heterocycles. The van der Waals surface area contributed by atoms with Gasteiger partial charge in [0.15, 0.2) is 0 Å². The summed E-state index contributed by atoms with van der Waals surface area (Å²) in [7, 11) is -3.84. The first-order valence-corrected chi connectivity index (χ1v) is 10.6. The number of nitrogens with one attached hydrogen (secondary N) is 1. The van der Waals surface area contributed by atoms with E-state index in [1.807, 2.05) is 6.07 Å². The van der Waals surface area contributed by atoms with E-state index in [-0.39, 0.29) is 10.8 Å². The zero-order valence-electron chi connectivity index (χ0n) is 15.6. The van der Waals surface area contributed by atoms with Crippen LogP contribution in [0.4, 0.5) is 5.69 Å². The number of nitrogens with zero attached hydrogens (tertiary/aromatic N) is 3. The molecule has 1 fully saturated rings. The molecule has 0 aromatic heterocycles. The standard InChI is InChI=1S/C20H22N4O3S/c1-2-23-10-12-24(13-11-23)20(25)17-4-3-5-19(14-17)28(26,27)22-18-8-6-16(15-21)7-9-18/h3-9,14,22H,2,10-13H2,1H3. The maximum absolute atomic E-state index is 12.8. The Morgan fingerprint density at radius 3 is 2.39 bits per heavy atom. The highest BCUT2D eigenvalue weighted by Crippen LogP contribution is 2.19. The number of sulfonamides is 1. The number of carbonyl (C=O) groups is 1. The third-order valence-corrected chi connectivity index (χ3v) is 6.14. The van der Waals surface area contributed by atoms with Crippen LogP contribution in [0.25, 0.3) is 0 Å². The van der Waals surface area contributed by atoms with Crippen molar-refractivity contribution in [2.75, 3.05) is 37.4 Å². The van der Waals surface area contributed by atoms with Gasteiger partial charge in [0.1, 0.15) is 0 Å². The topological polar surface area (TPSA) is 93.5 Å². The lowest BCUT2D eigenvalue weighted by Gasteiger charge is -2.34. The van der Waals surface area contributed by atoms with Crippen molar-refractivity contribution in [2.45, 2.75) is 11.8 Å². The van der Waals surface area contributed by atoms with Crippen LogP contribution in [0.1, 0.15) is 22.8 Å². The number of anilines is 1. The molecule has 0 spiro atoms. The molecule has 1 aliphatic heterocycles. The van der Waals surface area contributed by atoms with Crippen molar-refractivity contribution in [3.63, 3.8) is 0 Å². The lowest BCUT2D eigenvalue weighted by atomic mass is 10.2. The first-order chi connectivity index (χ1) is 13.4. The van der Waals surface area contributed by atoms with Crippen LogP contribution in [0.5, 0.6) is 0 Å². The van der Waals surface area contributed by atoms with Gasteiger partial charge in [-0.05, 0) is 49.0 Å². The zero-order chi connectivity index (χ0) is 20.1. The van der Waals surface area contributed by atoms with Crippen molar-refractivity contribution >= 4 is 21.6 Å². The molecule has 2 aromatic rings. The largest absolute Gasteiger partial charge is 0.336 e. The minimum Gasteiger partial charge on any atom is -0.336 e. The van der Waals surface area contributed by atoms with E-state index in [1.165, 1.54) is 36.4 Å². The van der Waals surface area contributed by atoms with Crippen molar-refractivity contribution < 1.29 is 13.2 Å². The number of hydrogen-bond acceptors (Lipinski definition) is 5. The van der Waals surface area contributed by atoms with Crippen molar-refractivity contribution in [3.05, 3.63) is 59.7 Å². The van der Waals surface area contributed by atoms with Gasteiger partial charge in [0.25, 0.3) is 15.9 Å². The van der Waals surface area contributed by atoms with E-state index < -0.39 is 10.0 Å². The monoisotopic (exact) mass is 398 g/mol. The zero-order valence-corrected chi connectivity index (χ0v) is 16.4. The number of likely N-dealkylation sites (N-methyl/N-ethyl adjacent to an activating group) is 1. The van der Waals surface area contributed by atoms with Gasteiger partial charge < -0.3 is 9.80 Å². The number of piperazine rings is 1. The van der Waals surface area contributed by atoms with Crippen molar-refractivity contribution in [2.24, 2.45) is 0 Å². The second-order valence-corrected chi connectivity index (χ2v) is 8.23. The van der Waals surface area contributed by atoms with Gasteiger partial charge in [-0.2, -0.15) is 5.26 Å². The summed E-state index contributed by atoms with van der Waals surface area (Å²) < 4.78 is 27.8. The van der Waals surface area contributed by atoms with Crippen LogP contribution < -0.4 is 4.72 Å². The molecule has 8 heteroatoms. The van der Waals surface area contributed by atoms with Gasteiger partial charge in [0, 0.05) is 37.4 Å². The minimum atomic E-state index is -3.84. The molecule has 28 heavy (non-hydrogen) atoms. The van der Waals surface area contributed by atoms with E-state index >= 15 is 0 Å². The smallest absolute Gasteiger partial charge is 0.261 e. The molecule has 0 atom stereocenters. The first kappa shape index (κ1) is 19.9. The van der Waals surface area contributed by atoms with Crippen molar-refractivity contribution in [1.82, 2.24) is 9.80 Å². The molecule has 1 N–H and O–H groups in total. The summed E-state index contributed by atoms with van der Waals surface area (Å²) in [5, 5.41) is 8.83. The Balaban J connectivity index is 1.76. The summed E-state index contributed by atoms with van der Waals surface area (Å²) in [6.45, 7) is 5.95. The summed E-state index contributed by atoms with van der Waals surface area (Å²) in [4.78, 5) is 16.8. The predicted octanol–water partition coefficient (Wildman–Crippen LogP) is 2.14. The highest BCUT2D eigenvalue weighted by molar-refractivity contribution is 7.92. The molecule has 0 radical (unpaired) electrons. The summed E-state index contributed by atoms with van der Waals surface area (Å²) in [6.07, 6.45) is 0. The molecular weight excluding hydrogens is 376 g/mol. The highest BCUT2D eigenvalue weighted by Gasteiger charge is 2.23. The maximum Gasteiger partial charge on any atom is 0.261 e. The summed E-state index contributed by atoms with van der Waals surface area (Å²) >= 11 is 0. The molecule has 1 heterocycles. The van der Waals surface area contributed by atoms with Crippen LogP contribution in [0.3, 0.4) is 0 Å². The fourth-order valence-electron chi connectivity index (χ4n) is 3.07. The molecule has 1 amide bonds. The van der Waals surface area contributed by atoms with E-state index in [4.69, 9.17) is 5.26 Å². The van der Waals surface area contributed by atoms with E-state index in [0.29, 0.717) is 29.9 Å². The molecule has 2 aromatic carbocycles. The van der Waals surface area contributed by atoms with E-state index in [9.17, 15) is 13.2 Å². The average Bonchev–Trinajstić information content (AvgIpc) is 2.73. The number of carbonyl (C=O) groups excluding carboxylic acids is 1. The van der Waals surface area contributed by atoms with Crippen LogP contribution in [-0.4, -0.2) is 56.8 Å². The van der Waals surface area contributed by atoms with Crippen LogP contribution in [0.2, 0.25) is 0 Å². The van der Waals surface area contributed by atoms with Gasteiger partial charge in [0.2, 0.25) is 0 Å². The Labute approximate surface area is 165 Å². The van der Waals surface area contributed by atoms with Gasteiger partial charge >= 0.3 is 0 Å². The molecule has 0 bridgehead atoms. The summed E-state index contributed by atoms with van der Waals surface area (Å²) in [6, 6.07) is 14.2. The molecular formula is C20H22N4O3S. The van der Waals surface area contributed by atoms with Gasteiger partial charge in [-0.25, -0.2) is 8.42 Å². The average molecular weight is 398 g/mol. The Hall–Kier alpha value is -2.89. The SMILES string of the molecule is CCN1CCN(C(=O)c2cccc(S(=O)(=O)Nc3ccc(C#N)cc3)c2)CC1. The second kappa shape index (κ2) is 8.42. The van der Waals surface area contributed by atoms with Gasteiger partial charge in [-0.3, -0.25) is 9.52 Å². The lowest BCUT2D eigenvalue weighted by Crippen LogP contribution is -2.48. The Bertz CT molecular complexity index is 989. The molecule has 146 valence electrons. The Morgan fingerprint density at radius 2 is 1.79 bits per heavy atom. The number of nitriles is 1. The Morgan fingerprint density at radius 1 is 1.11 bits per heavy atom. The molecule has 0 unspecified atom stereocenters.